The highest BCUT2D eigenvalue weighted by molar-refractivity contribution is 4.60. The molecule has 0 spiro atoms. The Morgan fingerprint density at radius 2 is 1.89 bits per heavy atom. The van der Waals surface area contributed by atoms with Crippen LogP contribution in [0.1, 0.15) is 6.92 Å². The number of nitrogens with zero attached hydrogens (tertiary/aromatic N) is 1. The van der Waals surface area contributed by atoms with E-state index < -0.39 is 6.10 Å². The van der Waals surface area contributed by atoms with Crippen molar-refractivity contribution in [1.82, 2.24) is 10.2 Å². The van der Waals surface area contributed by atoms with Crippen molar-refractivity contribution in [3.8, 4) is 0 Å². The van der Waals surface area contributed by atoms with Gasteiger partial charge in [-0.2, -0.15) is 0 Å². The summed E-state index contributed by atoms with van der Waals surface area (Å²) in [6.45, 7) is 8.09. The van der Waals surface area contributed by atoms with Crippen molar-refractivity contribution < 1.29 is 19.3 Å². The van der Waals surface area contributed by atoms with Crippen LogP contribution in [0.25, 0.3) is 0 Å². The van der Waals surface area contributed by atoms with Gasteiger partial charge in [-0.3, -0.25) is 0 Å². The van der Waals surface area contributed by atoms with Gasteiger partial charge in [0.25, 0.3) is 0 Å². The van der Waals surface area contributed by atoms with Gasteiger partial charge in [0, 0.05) is 39.9 Å². The number of hydrogen-bond donors (Lipinski definition) is 2. The number of aliphatic hydroxyl groups excluding tert-OH is 1. The molecule has 0 bridgehead atoms. The highest BCUT2D eigenvalue weighted by atomic mass is 16.5. The van der Waals surface area contributed by atoms with Crippen molar-refractivity contribution in [1.29, 1.82) is 0 Å². The summed E-state index contributed by atoms with van der Waals surface area (Å²) in [4.78, 5) is 2.18. The minimum Gasteiger partial charge on any atom is -0.389 e. The van der Waals surface area contributed by atoms with Crippen LogP contribution >= 0.6 is 0 Å². The summed E-state index contributed by atoms with van der Waals surface area (Å²) in [6, 6.07) is 0. The van der Waals surface area contributed by atoms with Gasteiger partial charge in [-0.1, -0.05) is 0 Å². The predicted molar refractivity (Wildman–Crippen MR) is 75.6 cm³/mol. The van der Waals surface area contributed by atoms with Crippen LogP contribution in [-0.4, -0.2) is 89.5 Å². The van der Waals surface area contributed by atoms with Crippen molar-refractivity contribution in [3.63, 3.8) is 0 Å². The molecule has 0 amide bonds. The average molecular weight is 278 g/mol. The highest BCUT2D eigenvalue weighted by Gasteiger charge is 2.04. The molecule has 0 heterocycles. The highest BCUT2D eigenvalue weighted by Crippen LogP contribution is 1.86. The second kappa shape index (κ2) is 14.2. The summed E-state index contributed by atoms with van der Waals surface area (Å²) in [7, 11) is 3.75. The quantitative estimate of drug-likeness (QED) is 0.420. The lowest BCUT2D eigenvalue weighted by atomic mass is 10.3. The van der Waals surface area contributed by atoms with Crippen LogP contribution in [0, 0.1) is 0 Å². The maximum Gasteiger partial charge on any atom is 0.0897 e. The molecule has 1 atom stereocenters. The lowest BCUT2D eigenvalue weighted by molar-refractivity contribution is 0.00643. The van der Waals surface area contributed by atoms with Gasteiger partial charge in [0.1, 0.15) is 0 Å². The van der Waals surface area contributed by atoms with Crippen LogP contribution in [0.3, 0.4) is 0 Å². The Labute approximate surface area is 117 Å². The van der Waals surface area contributed by atoms with Crippen molar-refractivity contribution in [2.24, 2.45) is 0 Å². The number of likely N-dealkylation sites (N-methyl/N-ethyl adjacent to an activating group) is 1. The standard InChI is InChI=1S/C13H30N2O4/c1-4-18-9-10-19-12-13(16)11-14-5-6-15(2)7-8-17-3/h13-14,16H,4-12H2,1-3H3. The second-order valence-electron chi connectivity index (χ2n) is 4.43. The summed E-state index contributed by atoms with van der Waals surface area (Å²) < 4.78 is 15.4. The first-order chi connectivity index (χ1) is 9.20. The monoisotopic (exact) mass is 278 g/mol. The Morgan fingerprint density at radius 1 is 1.16 bits per heavy atom. The molecule has 6 nitrogen and oxygen atoms in total. The van der Waals surface area contributed by atoms with Crippen LogP contribution in [-0.2, 0) is 14.2 Å². The smallest absolute Gasteiger partial charge is 0.0897 e. The number of methoxy groups -OCH3 is 1. The van der Waals surface area contributed by atoms with Gasteiger partial charge >= 0.3 is 0 Å². The molecule has 0 fully saturated rings. The van der Waals surface area contributed by atoms with E-state index >= 15 is 0 Å². The minimum atomic E-state index is -0.467. The Balaban J connectivity index is 3.26. The van der Waals surface area contributed by atoms with Gasteiger partial charge < -0.3 is 29.5 Å². The van der Waals surface area contributed by atoms with E-state index in [4.69, 9.17) is 14.2 Å². The number of rotatable bonds is 14. The Bertz CT molecular complexity index is 184. The third-order valence-electron chi connectivity index (χ3n) is 2.61. The number of nitrogens with one attached hydrogen (secondary N) is 1. The Hall–Kier alpha value is -0.240. The maximum atomic E-state index is 9.65. The fourth-order valence-electron chi connectivity index (χ4n) is 1.44. The molecule has 1 unspecified atom stereocenters. The molecular formula is C13H30N2O4. The fourth-order valence-corrected chi connectivity index (χ4v) is 1.44. The van der Waals surface area contributed by atoms with Gasteiger partial charge in [0.15, 0.2) is 0 Å². The number of ether oxygens (including phenoxy) is 3. The molecule has 0 aromatic carbocycles. The van der Waals surface area contributed by atoms with E-state index in [2.05, 4.69) is 10.2 Å². The second-order valence-corrected chi connectivity index (χ2v) is 4.43. The SMILES string of the molecule is CCOCCOCC(O)CNCCN(C)CCOC. The molecule has 0 aliphatic rings. The Morgan fingerprint density at radius 3 is 2.58 bits per heavy atom. The first-order valence-electron chi connectivity index (χ1n) is 6.92. The topological polar surface area (TPSA) is 63.2 Å². The maximum absolute atomic E-state index is 9.65. The fraction of sp³-hybridized carbons (Fsp3) is 1.00. The summed E-state index contributed by atoms with van der Waals surface area (Å²) in [5.41, 5.74) is 0. The molecule has 0 aliphatic carbocycles. The predicted octanol–water partition coefficient (Wildman–Crippen LogP) is -0.432. The molecular weight excluding hydrogens is 248 g/mol. The molecule has 0 radical (unpaired) electrons. The zero-order valence-corrected chi connectivity index (χ0v) is 12.6. The van der Waals surface area contributed by atoms with Crippen molar-refractivity contribution in [2.45, 2.75) is 13.0 Å². The third kappa shape index (κ3) is 14.0. The zero-order chi connectivity index (χ0) is 14.3. The van der Waals surface area contributed by atoms with E-state index in [-0.39, 0.29) is 0 Å². The van der Waals surface area contributed by atoms with Crippen molar-refractivity contribution in [2.75, 3.05) is 73.4 Å². The largest absolute Gasteiger partial charge is 0.389 e. The molecule has 19 heavy (non-hydrogen) atoms. The molecule has 0 aliphatic heterocycles. The van der Waals surface area contributed by atoms with Gasteiger partial charge in [0.2, 0.25) is 0 Å². The van der Waals surface area contributed by atoms with Gasteiger partial charge in [0.05, 0.1) is 32.5 Å². The van der Waals surface area contributed by atoms with Crippen LogP contribution in [0.15, 0.2) is 0 Å². The van der Waals surface area contributed by atoms with Crippen LogP contribution in [0.5, 0.6) is 0 Å². The van der Waals surface area contributed by atoms with Crippen LogP contribution in [0.4, 0.5) is 0 Å². The molecule has 116 valence electrons. The normalized spacial score (nSPS) is 13.1. The molecule has 6 heteroatoms. The minimum absolute atomic E-state index is 0.347. The van der Waals surface area contributed by atoms with E-state index in [9.17, 15) is 5.11 Å². The van der Waals surface area contributed by atoms with Crippen LogP contribution < -0.4 is 5.32 Å². The summed E-state index contributed by atoms with van der Waals surface area (Å²) >= 11 is 0. The van der Waals surface area contributed by atoms with E-state index in [0.29, 0.717) is 33.0 Å². The molecule has 2 N–H and O–H groups in total. The third-order valence-corrected chi connectivity index (χ3v) is 2.61. The number of aliphatic hydroxyl groups is 1. The molecule has 0 aromatic heterocycles. The Kier molecular flexibility index (Phi) is 14.0. The van der Waals surface area contributed by atoms with Gasteiger partial charge in [-0.15, -0.1) is 0 Å². The first kappa shape index (κ1) is 18.8. The van der Waals surface area contributed by atoms with Crippen LogP contribution in [0.2, 0.25) is 0 Å². The molecule has 0 rings (SSSR count). The van der Waals surface area contributed by atoms with Gasteiger partial charge in [-0.25, -0.2) is 0 Å². The lowest BCUT2D eigenvalue weighted by Gasteiger charge is -2.17. The summed E-state index contributed by atoms with van der Waals surface area (Å²) in [5.74, 6) is 0. The first-order valence-corrected chi connectivity index (χ1v) is 6.92. The number of hydrogen-bond acceptors (Lipinski definition) is 6. The summed E-state index contributed by atoms with van der Waals surface area (Å²) in [5, 5.41) is 12.9. The zero-order valence-electron chi connectivity index (χ0n) is 12.6. The molecule has 0 saturated carbocycles. The molecule has 0 saturated heterocycles. The average Bonchev–Trinajstić information content (AvgIpc) is 2.41. The summed E-state index contributed by atoms with van der Waals surface area (Å²) in [6.07, 6.45) is -0.467. The van der Waals surface area contributed by atoms with Crippen molar-refractivity contribution >= 4 is 0 Å². The van der Waals surface area contributed by atoms with Crippen molar-refractivity contribution in [3.05, 3.63) is 0 Å². The lowest BCUT2D eigenvalue weighted by Crippen LogP contribution is -2.36. The van der Waals surface area contributed by atoms with E-state index in [1.807, 2.05) is 14.0 Å². The van der Waals surface area contributed by atoms with E-state index in [1.54, 1.807) is 7.11 Å². The molecule has 0 aromatic rings. The van der Waals surface area contributed by atoms with E-state index in [0.717, 1.165) is 26.2 Å². The van der Waals surface area contributed by atoms with E-state index in [1.165, 1.54) is 0 Å². The van der Waals surface area contributed by atoms with Gasteiger partial charge in [-0.05, 0) is 14.0 Å².